The van der Waals surface area contributed by atoms with Gasteiger partial charge in [-0.3, -0.25) is 9.59 Å². The summed E-state index contributed by atoms with van der Waals surface area (Å²) < 4.78 is 30.6. The number of ether oxygens (including phenoxy) is 1. The highest BCUT2D eigenvalue weighted by Gasteiger charge is 2.21. The maximum atomic E-state index is 12.3. The average molecular weight is 404 g/mol. The summed E-state index contributed by atoms with van der Waals surface area (Å²) in [6, 6.07) is 15.1. The second kappa shape index (κ2) is 9.48. The largest absolute Gasteiger partial charge is 0.455 e. The first kappa shape index (κ1) is 21.6. The van der Waals surface area contributed by atoms with Gasteiger partial charge in [-0.1, -0.05) is 43.3 Å². The number of nitrogens with one attached hydrogen (secondary N) is 1. The van der Waals surface area contributed by atoms with Crippen LogP contribution in [0.1, 0.15) is 24.8 Å². The van der Waals surface area contributed by atoms with Gasteiger partial charge in [0.25, 0.3) is 5.91 Å². The first-order valence-corrected chi connectivity index (χ1v) is 10.2. The Hall–Kier alpha value is -2.71. The minimum Gasteiger partial charge on any atom is -0.455 e. The van der Waals surface area contributed by atoms with E-state index in [1.807, 2.05) is 37.3 Å². The van der Waals surface area contributed by atoms with Crippen LogP contribution in [-0.4, -0.2) is 45.3 Å². The molecule has 0 heterocycles. The highest BCUT2D eigenvalue weighted by Crippen LogP contribution is 2.21. The zero-order valence-corrected chi connectivity index (χ0v) is 16.9. The van der Waals surface area contributed by atoms with Crippen molar-refractivity contribution in [2.24, 2.45) is 0 Å². The van der Waals surface area contributed by atoms with Crippen molar-refractivity contribution in [1.29, 1.82) is 0 Å². The molecule has 8 heteroatoms. The van der Waals surface area contributed by atoms with Gasteiger partial charge < -0.3 is 10.1 Å². The van der Waals surface area contributed by atoms with Crippen LogP contribution in [0.5, 0.6) is 0 Å². The summed E-state index contributed by atoms with van der Waals surface area (Å²) >= 11 is 0. The molecule has 7 nitrogen and oxygen atoms in total. The Morgan fingerprint density at radius 1 is 1.07 bits per heavy atom. The number of amides is 1. The number of esters is 1. The van der Waals surface area contributed by atoms with E-state index in [-0.39, 0.29) is 4.90 Å². The Morgan fingerprint density at radius 2 is 1.75 bits per heavy atom. The second-order valence-electron chi connectivity index (χ2n) is 6.34. The molecule has 0 aliphatic rings. The number of sulfonamides is 1. The van der Waals surface area contributed by atoms with Gasteiger partial charge in [-0.25, -0.2) is 12.7 Å². The van der Waals surface area contributed by atoms with Crippen LogP contribution >= 0.6 is 0 Å². The number of benzene rings is 2. The minimum absolute atomic E-state index is 0.0578. The Morgan fingerprint density at radius 3 is 2.36 bits per heavy atom. The van der Waals surface area contributed by atoms with Crippen molar-refractivity contribution in [3.63, 3.8) is 0 Å². The predicted octanol–water partition coefficient (Wildman–Crippen LogP) is 2.61. The Balaban J connectivity index is 1.98. The number of rotatable bonds is 8. The van der Waals surface area contributed by atoms with Crippen molar-refractivity contribution in [3.8, 4) is 0 Å². The van der Waals surface area contributed by atoms with Gasteiger partial charge in [0.2, 0.25) is 10.0 Å². The molecule has 1 atom stereocenters. The van der Waals surface area contributed by atoms with Gasteiger partial charge in [0.15, 0.2) is 6.61 Å². The van der Waals surface area contributed by atoms with Gasteiger partial charge in [0, 0.05) is 19.8 Å². The van der Waals surface area contributed by atoms with Crippen LogP contribution in [0.2, 0.25) is 0 Å². The molecular formula is C20H24N2O5S. The fourth-order valence-electron chi connectivity index (χ4n) is 2.60. The lowest BCUT2D eigenvalue weighted by molar-refractivity contribution is -0.149. The van der Waals surface area contributed by atoms with E-state index >= 15 is 0 Å². The minimum atomic E-state index is -3.61. The van der Waals surface area contributed by atoms with Crippen LogP contribution in [-0.2, 0) is 24.3 Å². The number of hydrogen-bond acceptors (Lipinski definition) is 5. The third-order valence-corrected chi connectivity index (χ3v) is 5.95. The van der Waals surface area contributed by atoms with Gasteiger partial charge >= 0.3 is 5.97 Å². The summed E-state index contributed by atoms with van der Waals surface area (Å²) in [6.45, 7) is 1.42. The molecule has 2 aromatic rings. The van der Waals surface area contributed by atoms with Crippen molar-refractivity contribution >= 4 is 27.6 Å². The highest BCUT2D eigenvalue weighted by atomic mass is 32.2. The van der Waals surface area contributed by atoms with Crippen LogP contribution in [0, 0.1) is 0 Å². The molecular weight excluding hydrogens is 380 g/mol. The summed E-state index contributed by atoms with van der Waals surface area (Å²) in [5.41, 5.74) is 1.14. The third-order valence-electron chi connectivity index (χ3n) is 4.14. The molecule has 0 spiro atoms. The lowest BCUT2D eigenvalue weighted by Gasteiger charge is -2.15. The van der Waals surface area contributed by atoms with E-state index in [9.17, 15) is 18.0 Å². The number of carbonyl (C=O) groups is 2. The number of hydrogen-bond donors (Lipinski definition) is 1. The van der Waals surface area contributed by atoms with Crippen molar-refractivity contribution in [2.75, 3.05) is 26.0 Å². The lowest BCUT2D eigenvalue weighted by atomic mass is 9.97. The molecule has 0 saturated carbocycles. The van der Waals surface area contributed by atoms with E-state index in [0.29, 0.717) is 12.1 Å². The van der Waals surface area contributed by atoms with E-state index in [2.05, 4.69) is 5.32 Å². The zero-order valence-electron chi connectivity index (χ0n) is 16.1. The zero-order chi connectivity index (χ0) is 20.7. The van der Waals surface area contributed by atoms with Crippen LogP contribution in [0.25, 0.3) is 0 Å². The fourth-order valence-corrected chi connectivity index (χ4v) is 3.55. The summed E-state index contributed by atoms with van der Waals surface area (Å²) in [7, 11) is -0.755. The Labute approximate surface area is 165 Å². The van der Waals surface area contributed by atoms with Crippen molar-refractivity contribution in [3.05, 3.63) is 60.2 Å². The predicted molar refractivity (Wildman–Crippen MR) is 106 cm³/mol. The van der Waals surface area contributed by atoms with E-state index < -0.39 is 34.4 Å². The summed E-state index contributed by atoms with van der Waals surface area (Å²) in [5.74, 6) is -1.47. The molecule has 2 aromatic carbocycles. The smallest absolute Gasteiger partial charge is 0.313 e. The van der Waals surface area contributed by atoms with E-state index in [1.54, 1.807) is 6.07 Å². The first-order chi connectivity index (χ1) is 13.3. The third kappa shape index (κ3) is 5.40. The molecule has 0 aliphatic heterocycles. The highest BCUT2D eigenvalue weighted by molar-refractivity contribution is 7.89. The van der Waals surface area contributed by atoms with Crippen molar-refractivity contribution in [1.82, 2.24) is 4.31 Å². The number of carbonyl (C=O) groups excluding carboxylic acids is 2. The Kier molecular flexibility index (Phi) is 7.31. The average Bonchev–Trinajstić information content (AvgIpc) is 2.68. The topological polar surface area (TPSA) is 92.8 Å². The number of nitrogens with zero attached hydrogens (tertiary/aromatic N) is 1. The molecule has 0 saturated heterocycles. The number of anilines is 1. The van der Waals surface area contributed by atoms with Crippen LogP contribution in [0.15, 0.2) is 59.5 Å². The van der Waals surface area contributed by atoms with E-state index in [1.165, 1.54) is 32.3 Å². The maximum Gasteiger partial charge on any atom is 0.313 e. The fraction of sp³-hybridized carbons (Fsp3) is 0.300. The molecule has 150 valence electrons. The molecule has 2 rings (SSSR count). The van der Waals surface area contributed by atoms with E-state index in [4.69, 9.17) is 4.74 Å². The first-order valence-electron chi connectivity index (χ1n) is 8.79. The molecule has 1 amide bonds. The monoisotopic (exact) mass is 404 g/mol. The molecule has 0 fully saturated rings. The van der Waals surface area contributed by atoms with Gasteiger partial charge in [-0.2, -0.15) is 0 Å². The van der Waals surface area contributed by atoms with Gasteiger partial charge in [0.05, 0.1) is 10.8 Å². The van der Waals surface area contributed by atoms with Gasteiger partial charge in [0.1, 0.15) is 0 Å². The molecule has 28 heavy (non-hydrogen) atoms. The molecule has 0 aliphatic carbocycles. The molecule has 0 aromatic heterocycles. The standard InChI is InChI=1S/C20H24N2O5S/c1-4-18(15-9-6-5-7-10-15)20(24)27-14-19(23)21-16-11-8-12-17(13-16)28(25,26)22(2)3/h5-13,18H,4,14H2,1-3H3,(H,21,23)/t18-/m0/s1. The summed E-state index contributed by atoms with van der Waals surface area (Å²) in [4.78, 5) is 24.5. The molecule has 0 bridgehead atoms. The van der Waals surface area contributed by atoms with Crippen LogP contribution < -0.4 is 5.32 Å². The molecule has 0 radical (unpaired) electrons. The van der Waals surface area contributed by atoms with Gasteiger partial charge in [-0.05, 0) is 30.2 Å². The Bertz CT molecular complexity index is 927. The van der Waals surface area contributed by atoms with Crippen LogP contribution in [0.3, 0.4) is 0 Å². The lowest BCUT2D eigenvalue weighted by Crippen LogP contribution is -2.24. The van der Waals surface area contributed by atoms with Crippen LogP contribution in [0.4, 0.5) is 5.69 Å². The quantitative estimate of drug-likeness (QED) is 0.683. The van der Waals surface area contributed by atoms with Crippen molar-refractivity contribution in [2.45, 2.75) is 24.2 Å². The van der Waals surface area contributed by atoms with Gasteiger partial charge in [-0.15, -0.1) is 0 Å². The normalized spacial score (nSPS) is 12.4. The SMILES string of the molecule is CC[C@H](C(=O)OCC(=O)Nc1cccc(S(=O)(=O)N(C)C)c1)c1ccccc1. The molecule has 1 N–H and O–H groups in total. The maximum absolute atomic E-state index is 12.3. The summed E-state index contributed by atoms with van der Waals surface area (Å²) in [6.07, 6.45) is 0.551. The molecule has 0 unspecified atom stereocenters. The summed E-state index contributed by atoms with van der Waals surface area (Å²) in [5, 5.41) is 2.55. The van der Waals surface area contributed by atoms with Crippen molar-refractivity contribution < 1.29 is 22.7 Å². The van der Waals surface area contributed by atoms with E-state index in [0.717, 1.165) is 9.87 Å². The second-order valence-corrected chi connectivity index (χ2v) is 8.49.